The fraction of sp³-hybridized carbons (Fsp3) is 0.429. The van der Waals surface area contributed by atoms with E-state index in [1.807, 2.05) is 25.1 Å². The van der Waals surface area contributed by atoms with Crippen LogP contribution in [0, 0.1) is 24.2 Å². The van der Waals surface area contributed by atoms with Gasteiger partial charge in [-0.3, -0.25) is 4.79 Å². The van der Waals surface area contributed by atoms with Gasteiger partial charge < -0.3 is 4.90 Å². The van der Waals surface area contributed by atoms with Gasteiger partial charge in [-0.25, -0.2) is 0 Å². The summed E-state index contributed by atoms with van der Waals surface area (Å²) >= 11 is 3.43. The van der Waals surface area contributed by atoms with Crippen LogP contribution in [0.3, 0.4) is 0 Å². The Morgan fingerprint density at radius 2 is 2.33 bits per heavy atom. The number of benzene rings is 1. The van der Waals surface area contributed by atoms with Crippen LogP contribution in [0.1, 0.15) is 28.8 Å². The molecule has 18 heavy (non-hydrogen) atoms. The predicted molar refractivity (Wildman–Crippen MR) is 73.1 cm³/mol. The van der Waals surface area contributed by atoms with Gasteiger partial charge in [-0.1, -0.05) is 6.07 Å². The van der Waals surface area contributed by atoms with Gasteiger partial charge in [-0.05, 0) is 53.4 Å². The normalized spacial score (nSPS) is 19.4. The molecule has 1 aromatic rings. The molecule has 1 heterocycles. The van der Waals surface area contributed by atoms with E-state index in [1.165, 1.54) is 0 Å². The molecule has 1 aromatic carbocycles. The number of aryl methyl sites for hydroxylation is 1. The fourth-order valence-corrected chi connectivity index (χ4v) is 2.89. The number of piperidine rings is 1. The summed E-state index contributed by atoms with van der Waals surface area (Å²) in [7, 11) is 0. The number of rotatable bonds is 1. The number of nitrogens with zero attached hydrogens (tertiary/aromatic N) is 2. The largest absolute Gasteiger partial charge is 0.337 e. The molecule has 0 radical (unpaired) electrons. The minimum atomic E-state index is -0.0214. The Morgan fingerprint density at radius 3 is 3.00 bits per heavy atom. The van der Waals surface area contributed by atoms with Crippen LogP contribution in [-0.2, 0) is 0 Å². The van der Waals surface area contributed by atoms with Gasteiger partial charge in [0.25, 0.3) is 5.91 Å². The van der Waals surface area contributed by atoms with Crippen LogP contribution in [0.2, 0.25) is 0 Å². The van der Waals surface area contributed by atoms with E-state index < -0.39 is 0 Å². The third kappa shape index (κ3) is 2.73. The molecule has 1 saturated heterocycles. The summed E-state index contributed by atoms with van der Waals surface area (Å²) in [5, 5.41) is 8.95. The van der Waals surface area contributed by atoms with Crippen molar-refractivity contribution < 1.29 is 4.79 Å². The third-order valence-corrected chi connectivity index (χ3v) is 3.90. The molecule has 2 rings (SSSR count). The summed E-state index contributed by atoms with van der Waals surface area (Å²) in [5.41, 5.74) is 1.80. The Balaban J connectivity index is 2.18. The summed E-state index contributed by atoms with van der Waals surface area (Å²) in [4.78, 5) is 14.2. The highest BCUT2D eigenvalue weighted by Crippen LogP contribution is 2.23. The number of hydrogen-bond donors (Lipinski definition) is 0. The minimum absolute atomic E-state index is 0.0156. The van der Waals surface area contributed by atoms with Gasteiger partial charge in [0.2, 0.25) is 0 Å². The average molecular weight is 307 g/mol. The Labute approximate surface area is 116 Å². The van der Waals surface area contributed by atoms with Gasteiger partial charge in [0.05, 0.1) is 17.6 Å². The number of amides is 1. The summed E-state index contributed by atoms with van der Waals surface area (Å²) in [6.45, 7) is 3.29. The van der Waals surface area contributed by atoms with Crippen LogP contribution in [-0.4, -0.2) is 23.9 Å². The van der Waals surface area contributed by atoms with E-state index in [0.29, 0.717) is 12.1 Å². The molecule has 0 bridgehead atoms. The first-order valence-electron chi connectivity index (χ1n) is 6.07. The van der Waals surface area contributed by atoms with Gasteiger partial charge in [-0.15, -0.1) is 0 Å². The van der Waals surface area contributed by atoms with E-state index in [0.717, 1.165) is 29.4 Å². The highest BCUT2D eigenvalue weighted by atomic mass is 79.9. The molecule has 3 nitrogen and oxygen atoms in total. The first kappa shape index (κ1) is 13.1. The molecule has 0 spiro atoms. The van der Waals surface area contributed by atoms with Crippen molar-refractivity contribution in [2.75, 3.05) is 13.1 Å². The van der Waals surface area contributed by atoms with Gasteiger partial charge in [-0.2, -0.15) is 5.26 Å². The lowest BCUT2D eigenvalue weighted by molar-refractivity contribution is 0.0698. The molecule has 1 amide bonds. The SMILES string of the molecule is Cc1ccc(C(=O)N2CCCC(C#N)C2)c(Br)c1. The summed E-state index contributed by atoms with van der Waals surface area (Å²) < 4.78 is 0.826. The van der Waals surface area contributed by atoms with Crippen LogP contribution in [0.25, 0.3) is 0 Å². The topological polar surface area (TPSA) is 44.1 Å². The van der Waals surface area contributed by atoms with Crippen LogP contribution >= 0.6 is 15.9 Å². The number of carbonyl (C=O) groups excluding carboxylic acids is 1. The smallest absolute Gasteiger partial charge is 0.255 e. The zero-order chi connectivity index (χ0) is 13.1. The molecule has 1 aliphatic rings. The molecule has 0 aliphatic carbocycles. The highest BCUT2D eigenvalue weighted by molar-refractivity contribution is 9.10. The molecular weight excluding hydrogens is 292 g/mol. The zero-order valence-corrected chi connectivity index (χ0v) is 11.9. The second-order valence-electron chi connectivity index (χ2n) is 4.70. The first-order valence-corrected chi connectivity index (χ1v) is 6.86. The summed E-state index contributed by atoms with van der Waals surface area (Å²) in [6.07, 6.45) is 1.81. The Hall–Kier alpha value is -1.34. The molecule has 0 aromatic heterocycles. The summed E-state index contributed by atoms with van der Waals surface area (Å²) in [6, 6.07) is 7.98. The average Bonchev–Trinajstić information content (AvgIpc) is 2.38. The molecule has 1 atom stereocenters. The van der Waals surface area contributed by atoms with Crippen LogP contribution in [0.15, 0.2) is 22.7 Å². The van der Waals surface area contributed by atoms with Crippen LogP contribution < -0.4 is 0 Å². The Bertz CT molecular complexity index is 507. The van der Waals surface area contributed by atoms with Crippen LogP contribution in [0.5, 0.6) is 0 Å². The second-order valence-corrected chi connectivity index (χ2v) is 5.56. The molecule has 1 fully saturated rings. The quantitative estimate of drug-likeness (QED) is 0.800. The maximum Gasteiger partial charge on any atom is 0.255 e. The third-order valence-electron chi connectivity index (χ3n) is 3.25. The molecule has 0 N–H and O–H groups in total. The van der Waals surface area contributed by atoms with Crippen molar-refractivity contribution >= 4 is 21.8 Å². The monoisotopic (exact) mass is 306 g/mol. The maximum absolute atomic E-state index is 12.4. The lowest BCUT2D eigenvalue weighted by Crippen LogP contribution is -2.39. The van der Waals surface area contributed by atoms with Crippen molar-refractivity contribution in [2.24, 2.45) is 5.92 Å². The molecule has 1 unspecified atom stereocenters. The Morgan fingerprint density at radius 1 is 1.56 bits per heavy atom. The number of nitriles is 1. The van der Waals surface area contributed by atoms with Gasteiger partial charge in [0.1, 0.15) is 0 Å². The van der Waals surface area contributed by atoms with E-state index in [1.54, 1.807) is 4.90 Å². The standard InChI is InChI=1S/C14H15BrN2O/c1-10-4-5-12(13(15)7-10)14(18)17-6-2-3-11(8-16)9-17/h4-5,7,11H,2-3,6,9H2,1H3. The molecule has 1 aliphatic heterocycles. The number of carbonyl (C=O) groups is 1. The van der Waals surface area contributed by atoms with E-state index in [4.69, 9.17) is 5.26 Å². The highest BCUT2D eigenvalue weighted by Gasteiger charge is 2.25. The number of halogens is 1. The predicted octanol–water partition coefficient (Wildman–Crippen LogP) is 3.13. The molecule has 4 heteroatoms. The Kier molecular flexibility index (Phi) is 4.03. The van der Waals surface area contributed by atoms with Gasteiger partial charge >= 0.3 is 0 Å². The van der Waals surface area contributed by atoms with E-state index in [2.05, 4.69) is 22.0 Å². The molecule has 0 saturated carbocycles. The first-order chi connectivity index (χ1) is 8.61. The van der Waals surface area contributed by atoms with Crippen molar-refractivity contribution in [3.63, 3.8) is 0 Å². The van der Waals surface area contributed by atoms with Gasteiger partial charge in [0.15, 0.2) is 0 Å². The lowest BCUT2D eigenvalue weighted by Gasteiger charge is -2.30. The van der Waals surface area contributed by atoms with Crippen molar-refractivity contribution in [2.45, 2.75) is 19.8 Å². The molecule has 94 valence electrons. The molecular formula is C14H15BrN2O. The van der Waals surface area contributed by atoms with Gasteiger partial charge in [0, 0.05) is 17.6 Å². The lowest BCUT2D eigenvalue weighted by atomic mass is 9.99. The van der Waals surface area contributed by atoms with Crippen LogP contribution in [0.4, 0.5) is 0 Å². The minimum Gasteiger partial charge on any atom is -0.337 e. The number of hydrogen-bond acceptors (Lipinski definition) is 2. The van der Waals surface area contributed by atoms with E-state index in [-0.39, 0.29) is 11.8 Å². The van der Waals surface area contributed by atoms with Crippen molar-refractivity contribution in [1.82, 2.24) is 4.90 Å². The maximum atomic E-state index is 12.4. The number of likely N-dealkylation sites (tertiary alicyclic amines) is 1. The fourth-order valence-electron chi connectivity index (χ4n) is 2.23. The second kappa shape index (κ2) is 5.53. The van der Waals surface area contributed by atoms with Crippen molar-refractivity contribution in [1.29, 1.82) is 5.26 Å². The van der Waals surface area contributed by atoms with E-state index >= 15 is 0 Å². The van der Waals surface area contributed by atoms with E-state index in [9.17, 15) is 4.79 Å². The van der Waals surface area contributed by atoms with Crippen molar-refractivity contribution in [3.8, 4) is 6.07 Å². The van der Waals surface area contributed by atoms with Crippen molar-refractivity contribution in [3.05, 3.63) is 33.8 Å². The summed E-state index contributed by atoms with van der Waals surface area (Å²) in [5.74, 6) is -0.00579. The zero-order valence-electron chi connectivity index (χ0n) is 10.3.